The number of fused-ring (bicyclic) bond motifs is 1. The van der Waals surface area contributed by atoms with Gasteiger partial charge in [0.25, 0.3) is 0 Å². The number of pyridine rings is 1. The van der Waals surface area contributed by atoms with Gasteiger partial charge in [-0.1, -0.05) is 32.0 Å². The third-order valence-electron chi connectivity index (χ3n) is 5.32. The molecule has 6 nitrogen and oxygen atoms in total. The molecule has 3 heterocycles. The van der Waals surface area contributed by atoms with Crippen LogP contribution < -0.4 is 0 Å². The first-order chi connectivity index (χ1) is 14.5. The van der Waals surface area contributed by atoms with Crippen molar-refractivity contribution in [2.45, 2.75) is 39.3 Å². The van der Waals surface area contributed by atoms with E-state index in [0.717, 1.165) is 48.8 Å². The summed E-state index contributed by atoms with van der Waals surface area (Å²) < 4.78 is 4.82. The van der Waals surface area contributed by atoms with E-state index in [0.29, 0.717) is 11.5 Å². The fraction of sp³-hybridized carbons (Fsp3) is 0.333. The normalized spacial score (nSPS) is 13.9. The molecule has 3 aromatic rings. The Labute approximate surface area is 177 Å². The summed E-state index contributed by atoms with van der Waals surface area (Å²) in [6, 6.07) is 13.4. The zero-order valence-electron chi connectivity index (χ0n) is 17.6. The van der Waals surface area contributed by atoms with E-state index in [-0.39, 0.29) is 5.97 Å². The Kier molecular flexibility index (Phi) is 5.86. The number of hydrogen-bond donors (Lipinski definition) is 0. The van der Waals surface area contributed by atoms with Crippen molar-refractivity contribution in [3.8, 4) is 11.3 Å². The number of ether oxygens (including phenoxy) is 1. The standard InChI is InChI=1S/C24H26N4O2/c1-16(2)23-25-13-19-14-28(11-10-22(19)27-23)15-20-8-5-9-21(26-20)17-6-4-7-18(12-17)24(29)30-3/h4-9,12-13,16H,10-11,14-15H2,1-3H3. The Morgan fingerprint density at radius 2 is 2.00 bits per heavy atom. The van der Waals surface area contributed by atoms with Crippen LogP contribution in [-0.4, -0.2) is 39.5 Å². The van der Waals surface area contributed by atoms with Gasteiger partial charge in [-0.15, -0.1) is 0 Å². The average molecular weight is 402 g/mol. The second kappa shape index (κ2) is 8.71. The summed E-state index contributed by atoms with van der Waals surface area (Å²) in [5.41, 5.74) is 5.65. The highest BCUT2D eigenvalue weighted by molar-refractivity contribution is 5.90. The van der Waals surface area contributed by atoms with Crippen molar-refractivity contribution < 1.29 is 9.53 Å². The molecule has 1 aromatic carbocycles. The molecular formula is C24H26N4O2. The molecule has 0 fully saturated rings. The molecule has 0 bridgehead atoms. The maximum Gasteiger partial charge on any atom is 0.337 e. The number of benzene rings is 1. The Balaban J connectivity index is 1.50. The topological polar surface area (TPSA) is 68.2 Å². The van der Waals surface area contributed by atoms with Crippen LogP contribution in [0.5, 0.6) is 0 Å². The first kappa shape index (κ1) is 20.2. The van der Waals surface area contributed by atoms with Gasteiger partial charge in [-0.25, -0.2) is 14.8 Å². The van der Waals surface area contributed by atoms with Crippen LogP contribution in [-0.2, 0) is 24.2 Å². The summed E-state index contributed by atoms with van der Waals surface area (Å²) in [4.78, 5) is 28.3. The van der Waals surface area contributed by atoms with E-state index in [1.54, 1.807) is 6.07 Å². The lowest BCUT2D eigenvalue weighted by atomic mass is 10.1. The maximum atomic E-state index is 11.8. The molecule has 0 spiro atoms. The molecule has 6 heteroatoms. The van der Waals surface area contributed by atoms with Gasteiger partial charge < -0.3 is 4.74 Å². The summed E-state index contributed by atoms with van der Waals surface area (Å²) >= 11 is 0. The number of rotatable bonds is 5. The van der Waals surface area contributed by atoms with Crippen LogP contribution in [0.15, 0.2) is 48.7 Å². The molecule has 1 aliphatic rings. The number of carbonyl (C=O) groups excluding carboxylic acids is 1. The fourth-order valence-electron chi connectivity index (χ4n) is 3.68. The molecular weight excluding hydrogens is 376 g/mol. The van der Waals surface area contributed by atoms with E-state index in [1.165, 1.54) is 18.4 Å². The Hall–Kier alpha value is -3.12. The van der Waals surface area contributed by atoms with Crippen LogP contribution in [0.25, 0.3) is 11.3 Å². The van der Waals surface area contributed by atoms with Crippen molar-refractivity contribution in [3.63, 3.8) is 0 Å². The number of methoxy groups -OCH3 is 1. The van der Waals surface area contributed by atoms with E-state index in [2.05, 4.69) is 23.7 Å². The van der Waals surface area contributed by atoms with Gasteiger partial charge in [0.05, 0.1) is 24.1 Å². The first-order valence-corrected chi connectivity index (χ1v) is 10.2. The first-order valence-electron chi connectivity index (χ1n) is 10.2. The molecule has 154 valence electrons. The monoisotopic (exact) mass is 402 g/mol. The quantitative estimate of drug-likeness (QED) is 0.601. The molecule has 1 aliphatic heterocycles. The smallest absolute Gasteiger partial charge is 0.337 e. The lowest BCUT2D eigenvalue weighted by Gasteiger charge is -2.28. The van der Waals surface area contributed by atoms with Gasteiger partial charge in [0.15, 0.2) is 0 Å². The van der Waals surface area contributed by atoms with Crippen LogP contribution in [0.4, 0.5) is 0 Å². The molecule has 0 aliphatic carbocycles. The van der Waals surface area contributed by atoms with Crippen LogP contribution >= 0.6 is 0 Å². The van der Waals surface area contributed by atoms with Gasteiger partial charge in [0.2, 0.25) is 0 Å². The maximum absolute atomic E-state index is 11.8. The molecule has 2 aromatic heterocycles. The molecule has 4 rings (SSSR count). The van der Waals surface area contributed by atoms with Crippen molar-refractivity contribution >= 4 is 5.97 Å². The Morgan fingerprint density at radius 3 is 2.80 bits per heavy atom. The highest BCUT2D eigenvalue weighted by atomic mass is 16.5. The summed E-state index contributed by atoms with van der Waals surface area (Å²) in [5.74, 6) is 0.923. The number of hydrogen-bond acceptors (Lipinski definition) is 6. The largest absolute Gasteiger partial charge is 0.465 e. The van der Waals surface area contributed by atoms with Gasteiger partial charge in [-0.3, -0.25) is 9.88 Å². The summed E-state index contributed by atoms with van der Waals surface area (Å²) in [7, 11) is 1.39. The number of aromatic nitrogens is 3. The van der Waals surface area contributed by atoms with E-state index in [1.807, 2.05) is 42.6 Å². The van der Waals surface area contributed by atoms with Crippen molar-refractivity contribution in [2.75, 3.05) is 13.7 Å². The molecule has 0 radical (unpaired) electrons. The van der Waals surface area contributed by atoms with Gasteiger partial charge in [0.1, 0.15) is 5.82 Å². The Bertz CT molecular complexity index is 1060. The van der Waals surface area contributed by atoms with Crippen LogP contribution in [0.2, 0.25) is 0 Å². The number of esters is 1. The highest BCUT2D eigenvalue weighted by Gasteiger charge is 2.19. The molecule has 30 heavy (non-hydrogen) atoms. The van der Waals surface area contributed by atoms with E-state index >= 15 is 0 Å². The van der Waals surface area contributed by atoms with E-state index in [9.17, 15) is 4.79 Å². The van der Waals surface area contributed by atoms with Crippen molar-refractivity contribution in [2.24, 2.45) is 0 Å². The summed E-state index contributed by atoms with van der Waals surface area (Å²) in [6.45, 7) is 6.78. The number of carbonyl (C=O) groups is 1. The molecule has 0 N–H and O–H groups in total. The molecule has 0 unspecified atom stereocenters. The van der Waals surface area contributed by atoms with Crippen LogP contribution in [0.3, 0.4) is 0 Å². The van der Waals surface area contributed by atoms with E-state index < -0.39 is 0 Å². The predicted molar refractivity (Wildman–Crippen MR) is 115 cm³/mol. The van der Waals surface area contributed by atoms with Crippen LogP contribution in [0, 0.1) is 0 Å². The van der Waals surface area contributed by atoms with Gasteiger partial charge in [-0.05, 0) is 24.3 Å². The molecule has 0 saturated carbocycles. The number of nitrogens with zero attached hydrogens (tertiary/aromatic N) is 4. The average Bonchev–Trinajstić information content (AvgIpc) is 2.78. The van der Waals surface area contributed by atoms with Crippen LogP contribution in [0.1, 0.15) is 52.9 Å². The van der Waals surface area contributed by atoms with Gasteiger partial charge in [0, 0.05) is 55.0 Å². The molecule has 0 amide bonds. The van der Waals surface area contributed by atoms with Gasteiger partial charge in [-0.2, -0.15) is 0 Å². The summed E-state index contributed by atoms with van der Waals surface area (Å²) in [6.07, 6.45) is 2.91. The minimum atomic E-state index is -0.345. The Morgan fingerprint density at radius 1 is 1.17 bits per heavy atom. The fourth-order valence-corrected chi connectivity index (χ4v) is 3.68. The zero-order valence-corrected chi connectivity index (χ0v) is 17.6. The van der Waals surface area contributed by atoms with E-state index in [4.69, 9.17) is 14.7 Å². The minimum Gasteiger partial charge on any atom is -0.465 e. The highest BCUT2D eigenvalue weighted by Crippen LogP contribution is 2.22. The lowest BCUT2D eigenvalue weighted by molar-refractivity contribution is 0.0601. The molecule has 0 atom stereocenters. The SMILES string of the molecule is COC(=O)c1cccc(-c2cccc(CN3CCc4nc(C(C)C)ncc4C3)n2)c1. The van der Waals surface area contributed by atoms with Crippen molar-refractivity contribution in [3.05, 3.63) is 77.0 Å². The van der Waals surface area contributed by atoms with Crippen molar-refractivity contribution in [1.82, 2.24) is 19.9 Å². The summed E-state index contributed by atoms with van der Waals surface area (Å²) in [5, 5.41) is 0. The lowest BCUT2D eigenvalue weighted by Crippen LogP contribution is -2.31. The molecule has 0 saturated heterocycles. The van der Waals surface area contributed by atoms with Crippen molar-refractivity contribution in [1.29, 1.82) is 0 Å². The third-order valence-corrected chi connectivity index (χ3v) is 5.32. The second-order valence-corrected chi connectivity index (χ2v) is 7.90. The third kappa shape index (κ3) is 4.39. The van der Waals surface area contributed by atoms with Gasteiger partial charge >= 0.3 is 5.97 Å². The zero-order chi connectivity index (χ0) is 21.1. The minimum absolute atomic E-state index is 0.345. The predicted octanol–water partition coefficient (Wildman–Crippen LogP) is 4.01. The second-order valence-electron chi connectivity index (χ2n) is 7.90.